The largest absolute Gasteiger partial charge is 0.495 e. The number of hydrogen-bond acceptors (Lipinski definition) is 14. The smallest absolute Gasteiger partial charge is 0.258 e. The van der Waals surface area contributed by atoms with E-state index in [1.165, 1.54) is 30.0 Å². The van der Waals surface area contributed by atoms with Gasteiger partial charge in [0.25, 0.3) is 11.8 Å². The Bertz CT molecular complexity index is 2270. The van der Waals surface area contributed by atoms with E-state index in [1.54, 1.807) is 37.0 Å². The van der Waals surface area contributed by atoms with E-state index in [0.717, 1.165) is 18.5 Å². The van der Waals surface area contributed by atoms with Crippen molar-refractivity contribution in [1.82, 2.24) is 35.3 Å². The van der Waals surface area contributed by atoms with Gasteiger partial charge in [0, 0.05) is 68.3 Å². The lowest BCUT2D eigenvalue weighted by atomic mass is 9.79. The fraction of sp³-hybridized carbons (Fsp3) is 0.596. The van der Waals surface area contributed by atoms with Crippen LogP contribution in [0.15, 0.2) is 53.2 Å². The van der Waals surface area contributed by atoms with Gasteiger partial charge >= 0.3 is 0 Å². The predicted octanol–water partition coefficient (Wildman–Crippen LogP) is 5.32. The fourth-order valence-corrected chi connectivity index (χ4v) is 11.8. The lowest BCUT2D eigenvalue weighted by Crippen LogP contribution is -2.61. The fourth-order valence-electron chi connectivity index (χ4n) is 9.07. The lowest BCUT2D eigenvalue weighted by molar-refractivity contribution is -0.143. The molecule has 1 aromatic heterocycles. The zero-order valence-electron chi connectivity index (χ0n) is 39.3. The van der Waals surface area contributed by atoms with Crippen LogP contribution in [0.2, 0.25) is 5.02 Å². The molecule has 67 heavy (non-hydrogen) atoms. The highest BCUT2D eigenvalue weighted by Gasteiger charge is 2.54. The van der Waals surface area contributed by atoms with Crippen LogP contribution in [0.1, 0.15) is 70.7 Å². The van der Waals surface area contributed by atoms with E-state index in [-0.39, 0.29) is 55.6 Å². The molecule has 5 N–H and O–H groups in total. The van der Waals surface area contributed by atoms with Crippen LogP contribution < -0.4 is 26.0 Å². The molecule has 0 bridgehead atoms. The standard InChI is InChI=1S/C47H64ClFN10O6S2/c1-28-21-29(9-11-32(28)38-45(2,3)53-27-66-38)24-51-40(61)35-23-31(60)26-59(35)42(63)37(55-43(64)47(49)13-14-47)46(4,5)67-20-8-15-57-16-18-58(19-17-57)41(62)30-10-12-34(36(22-30)65-7)54-44-52-25-33(48)39(50-6)56-44/h9-12,21-22,25,27-28,31-32,35,37-38,60H,8,13-20,23-24,26H2,1-7H3,(H,51,61)(H,55,64)(H2,50,52,54,56)/t28?,31-,32?,35?,37-,38?/m1/s1. The van der Waals surface area contributed by atoms with Gasteiger partial charge in [-0.25, -0.2) is 9.37 Å². The third-order valence-electron chi connectivity index (χ3n) is 13.3. The van der Waals surface area contributed by atoms with E-state index >= 15 is 4.39 Å². The maximum absolute atomic E-state index is 15.1. The van der Waals surface area contributed by atoms with Crippen molar-refractivity contribution in [2.45, 2.75) is 99.7 Å². The molecule has 4 heterocycles. The number of amides is 4. The molecule has 6 atom stereocenters. The van der Waals surface area contributed by atoms with E-state index in [1.807, 2.05) is 30.4 Å². The van der Waals surface area contributed by atoms with Crippen LogP contribution in [-0.4, -0.2) is 164 Å². The molecule has 2 aromatic rings. The zero-order chi connectivity index (χ0) is 48.3. The average molecular weight is 984 g/mol. The molecule has 2 saturated heterocycles. The maximum Gasteiger partial charge on any atom is 0.258 e. The molecule has 0 radical (unpaired) electrons. The summed E-state index contributed by atoms with van der Waals surface area (Å²) >= 11 is 9.37. The van der Waals surface area contributed by atoms with Gasteiger partial charge in [-0.05, 0) is 94.9 Å². The van der Waals surface area contributed by atoms with Gasteiger partial charge < -0.3 is 40.9 Å². The third-order valence-corrected chi connectivity index (χ3v) is 16.5. The number of nitrogens with zero attached hydrogens (tertiary/aromatic N) is 6. The SMILES string of the molecule is CNc1nc(Nc2ccc(C(=O)N3CCN(CCCSC(C)(C)[C@H](NC(=O)C4(F)CC4)C(=O)N4C[C@H](O)CC4C(=O)NCC4=CC(C)C(C5SC=NC5(C)C)C=C4)CC3)cc2OC)ncc1Cl. The summed E-state index contributed by atoms with van der Waals surface area (Å²) in [7, 11) is 3.24. The number of β-amino-alcohol motifs (C(OH)–C–C–N with tert-alkyl or cyclic N) is 1. The van der Waals surface area contributed by atoms with E-state index in [0.29, 0.717) is 71.0 Å². The second kappa shape index (κ2) is 21.1. The molecule has 0 spiro atoms. The number of carbonyl (C=O) groups excluding carboxylic acids is 4. The molecule has 16 nitrogen and oxygen atoms in total. The van der Waals surface area contributed by atoms with Crippen LogP contribution in [0.5, 0.6) is 5.75 Å². The number of methoxy groups -OCH3 is 1. The number of hydrogen-bond donors (Lipinski definition) is 5. The molecule has 4 unspecified atom stereocenters. The van der Waals surface area contributed by atoms with Gasteiger partial charge in [-0.15, -0.1) is 11.8 Å². The molecule has 2 aliphatic carbocycles. The van der Waals surface area contributed by atoms with Gasteiger partial charge in [0.2, 0.25) is 17.8 Å². The van der Waals surface area contributed by atoms with Crippen molar-refractivity contribution in [1.29, 1.82) is 0 Å². The van der Waals surface area contributed by atoms with Crippen molar-refractivity contribution in [2.75, 3.05) is 76.4 Å². The minimum atomic E-state index is -2.02. The summed E-state index contributed by atoms with van der Waals surface area (Å²) in [6.07, 6.45) is 7.95. The Morgan fingerprint density at radius 1 is 1.15 bits per heavy atom. The Morgan fingerprint density at radius 2 is 1.90 bits per heavy atom. The second-order valence-electron chi connectivity index (χ2n) is 19.1. The Hall–Kier alpha value is -4.43. The molecule has 7 rings (SSSR count). The maximum atomic E-state index is 15.1. The molecule has 20 heteroatoms. The van der Waals surface area contributed by atoms with Crippen molar-refractivity contribution in [2.24, 2.45) is 16.8 Å². The number of nitrogens with one attached hydrogen (secondary N) is 4. The Morgan fingerprint density at radius 3 is 2.55 bits per heavy atom. The van der Waals surface area contributed by atoms with Crippen molar-refractivity contribution < 1.29 is 33.4 Å². The number of carbonyl (C=O) groups is 4. The van der Waals surface area contributed by atoms with Crippen molar-refractivity contribution in [3.8, 4) is 5.75 Å². The monoisotopic (exact) mass is 982 g/mol. The molecule has 364 valence electrons. The number of aromatic nitrogens is 2. The summed E-state index contributed by atoms with van der Waals surface area (Å²) in [6, 6.07) is 3.07. The summed E-state index contributed by atoms with van der Waals surface area (Å²) in [6.45, 7) is 13.5. The number of likely N-dealkylation sites (tertiary alicyclic amines) is 1. The van der Waals surface area contributed by atoms with Gasteiger partial charge in [0.1, 0.15) is 28.7 Å². The minimum Gasteiger partial charge on any atom is -0.495 e. The average Bonchev–Trinajstić information content (AvgIpc) is 3.79. The summed E-state index contributed by atoms with van der Waals surface area (Å²) in [5.41, 5.74) is 1.79. The van der Waals surface area contributed by atoms with E-state index in [4.69, 9.17) is 16.3 Å². The Balaban J connectivity index is 0.906. The number of piperazine rings is 1. The quantitative estimate of drug-likeness (QED) is 0.121. The van der Waals surface area contributed by atoms with Crippen LogP contribution in [0.4, 0.5) is 21.8 Å². The number of aliphatic hydroxyl groups is 1. The minimum absolute atomic E-state index is 0.0516. The first-order valence-corrected chi connectivity index (χ1v) is 25.3. The molecule has 4 amide bonds. The van der Waals surface area contributed by atoms with Crippen LogP contribution in [0, 0.1) is 11.8 Å². The molecule has 1 aromatic carbocycles. The van der Waals surface area contributed by atoms with Gasteiger partial charge in [-0.2, -0.15) is 16.7 Å². The topological polar surface area (TPSA) is 194 Å². The first kappa shape index (κ1) is 50.4. The summed E-state index contributed by atoms with van der Waals surface area (Å²) in [4.78, 5) is 73.8. The summed E-state index contributed by atoms with van der Waals surface area (Å²) in [5, 5.41) is 23.3. The number of ether oxygens (including phenoxy) is 1. The summed E-state index contributed by atoms with van der Waals surface area (Å²) < 4.78 is 19.8. The van der Waals surface area contributed by atoms with Crippen LogP contribution in [0.25, 0.3) is 0 Å². The number of anilines is 3. The van der Waals surface area contributed by atoms with E-state index < -0.39 is 46.3 Å². The molecular weight excluding hydrogens is 919 g/mol. The number of aliphatic hydroxyl groups excluding tert-OH is 1. The van der Waals surface area contributed by atoms with Crippen molar-refractivity contribution >= 4 is 81.8 Å². The Kier molecular flexibility index (Phi) is 15.9. The van der Waals surface area contributed by atoms with Gasteiger partial charge in [-0.1, -0.05) is 36.8 Å². The number of benzene rings is 1. The number of aliphatic imine (C=N–C) groups is 1. The van der Waals surface area contributed by atoms with Gasteiger partial charge in [0.05, 0.1) is 36.2 Å². The van der Waals surface area contributed by atoms with Crippen molar-refractivity contribution in [3.63, 3.8) is 0 Å². The van der Waals surface area contributed by atoms with Crippen LogP contribution in [0.3, 0.4) is 0 Å². The second-order valence-corrected chi connectivity index (χ2v) is 22.2. The predicted molar refractivity (Wildman–Crippen MR) is 264 cm³/mol. The third kappa shape index (κ3) is 11.9. The number of rotatable bonds is 18. The van der Waals surface area contributed by atoms with E-state index in [9.17, 15) is 24.3 Å². The molecule has 3 fully saturated rings. The lowest BCUT2D eigenvalue weighted by Gasteiger charge is -2.38. The van der Waals surface area contributed by atoms with Gasteiger partial charge in [-0.3, -0.25) is 29.1 Å². The van der Waals surface area contributed by atoms with E-state index in [2.05, 4.69) is 74.1 Å². The normalized spacial score (nSPS) is 24.7. The highest BCUT2D eigenvalue weighted by molar-refractivity contribution is 8.13. The van der Waals surface area contributed by atoms with Gasteiger partial charge in [0.15, 0.2) is 5.67 Å². The number of halogens is 2. The van der Waals surface area contributed by atoms with Crippen molar-refractivity contribution in [3.05, 3.63) is 58.8 Å². The van der Waals surface area contributed by atoms with Crippen LogP contribution in [-0.2, 0) is 14.4 Å². The summed E-state index contributed by atoms with van der Waals surface area (Å²) in [5.74, 6) is 0.539. The first-order chi connectivity index (χ1) is 31.8. The molecule has 5 aliphatic rings. The molecular formula is C47H64ClFN10O6S2. The number of allylic oxidation sites excluding steroid dienone is 2. The number of thioether (sulfide) groups is 2. The Labute approximate surface area is 406 Å². The highest BCUT2D eigenvalue weighted by Crippen LogP contribution is 2.43. The van der Waals surface area contributed by atoms with Crippen LogP contribution >= 0.6 is 35.1 Å². The first-order valence-electron chi connectivity index (χ1n) is 23.0. The molecule has 1 saturated carbocycles. The zero-order valence-corrected chi connectivity index (χ0v) is 41.7. The number of alkyl halides is 1. The highest BCUT2D eigenvalue weighted by atomic mass is 35.5. The molecule has 3 aliphatic heterocycles.